The summed E-state index contributed by atoms with van der Waals surface area (Å²) in [6.07, 6.45) is 0.560. The van der Waals surface area contributed by atoms with Gasteiger partial charge in [-0.15, -0.1) is 0 Å². The molecule has 25 heavy (non-hydrogen) atoms. The maximum atomic E-state index is 12.5. The van der Waals surface area contributed by atoms with Crippen molar-refractivity contribution in [3.8, 4) is 0 Å². The highest BCUT2D eigenvalue weighted by molar-refractivity contribution is 5.98. The second kappa shape index (κ2) is 8.76. The second-order valence-corrected chi connectivity index (χ2v) is 5.62. The van der Waals surface area contributed by atoms with Crippen LogP contribution in [0.4, 0.5) is 5.69 Å². The smallest absolute Gasteiger partial charge is 0.323 e. The first-order valence-corrected chi connectivity index (χ1v) is 7.75. The Hall–Kier alpha value is -2.97. The summed E-state index contributed by atoms with van der Waals surface area (Å²) in [5.74, 6) is -2.33. The number of carbonyl (C=O) groups is 3. The Morgan fingerprint density at radius 2 is 1.96 bits per heavy atom. The first-order valence-electron chi connectivity index (χ1n) is 7.75. The molecule has 1 aromatic carbocycles. The number of benzene rings is 1. The molecule has 0 saturated carbocycles. The predicted octanol–water partition coefficient (Wildman–Crippen LogP) is 1.42. The van der Waals surface area contributed by atoms with Gasteiger partial charge in [0.05, 0.1) is 4.92 Å². The van der Waals surface area contributed by atoms with Gasteiger partial charge in [0.1, 0.15) is 12.6 Å². The Morgan fingerprint density at radius 1 is 1.32 bits per heavy atom. The van der Waals surface area contributed by atoms with Crippen molar-refractivity contribution in [3.05, 3.63) is 39.9 Å². The maximum Gasteiger partial charge on any atom is 0.323 e. The van der Waals surface area contributed by atoms with Gasteiger partial charge in [0, 0.05) is 23.7 Å². The lowest BCUT2D eigenvalue weighted by Gasteiger charge is -2.29. The zero-order valence-electron chi connectivity index (χ0n) is 14.3. The van der Waals surface area contributed by atoms with E-state index >= 15 is 0 Å². The third-order valence-electron chi connectivity index (χ3n) is 3.75. The molecular formula is C16H21N3O6. The quantitative estimate of drug-likeness (QED) is 0.538. The zero-order chi connectivity index (χ0) is 19.1. The average molecular weight is 351 g/mol. The van der Waals surface area contributed by atoms with Crippen LogP contribution in [0.3, 0.4) is 0 Å². The van der Waals surface area contributed by atoms with Crippen molar-refractivity contribution in [2.45, 2.75) is 39.3 Å². The van der Waals surface area contributed by atoms with Crippen molar-refractivity contribution in [3.63, 3.8) is 0 Å². The highest BCUT2D eigenvalue weighted by Crippen LogP contribution is 2.13. The summed E-state index contributed by atoms with van der Waals surface area (Å²) in [6.45, 7) is 4.51. The molecule has 0 fully saturated rings. The van der Waals surface area contributed by atoms with Crippen LogP contribution in [0, 0.1) is 10.1 Å². The monoisotopic (exact) mass is 351 g/mol. The standard InChI is InChI=1S/C16H21N3O6/c1-4-10(2)18(9-14(20)21)16(23)11(3)17-15(22)12-6-5-7-13(8-12)19(24)25/h5-8,10-11H,4,9H2,1-3H3,(H,17,22)(H,20,21). The van der Waals surface area contributed by atoms with Crippen LogP contribution in [0.25, 0.3) is 0 Å². The average Bonchev–Trinajstić information content (AvgIpc) is 2.58. The molecule has 9 heteroatoms. The van der Waals surface area contributed by atoms with Gasteiger partial charge in [-0.1, -0.05) is 13.0 Å². The lowest BCUT2D eigenvalue weighted by Crippen LogP contribution is -2.51. The van der Waals surface area contributed by atoms with Crippen LogP contribution in [-0.4, -0.2) is 51.3 Å². The molecule has 2 amide bonds. The summed E-state index contributed by atoms with van der Waals surface area (Å²) in [5, 5.41) is 22.2. The minimum absolute atomic E-state index is 0.0437. The Morgan fingerprint density at radius 3 is 2.48 bits per heavy atom. The van der Waals surface area contributed by atoms with Crippen molar-refractivity contribution in [1.29, 1.82) is 0 Å². The van der Waals surface area contributed by atoms with E-state index < -0.39 is 35.3 Å². The van der Waals surface area contributed by atoms with Gasteiger partial charge in [-0.05, 0) is 26.3 Å². The molecule has 2 N–H and O–H groups in total. The fraction of sp³-hybridized carbons (Fsp3) is 0.438. The summed E-state index contributed by atoms with van der Waals surface area (Å²) in [4.78, 5) is 46.9. The van der Waals surface area contributed by atoms with Gasteiger partial charge in [0.25, 0.3) is 11.6 Å². The number of nitrogens with one attached hydrogen (secondary N) is 1. The molecule has 1 aromatic rings. The third kappa shape index (κ3) is 5.55. The van der Waals surface area contributed by atoms with E-state index in [0.717, 1.165) is 6.07 Å². The number of carboxylic acids is 1. The van der Waals surface area contributed by atoms with Gasteiger partial charge in [-0.3, -0.25) is 24.5 Å². The number of hydrogen-bond donors (Lipinski definition) is 2. The molecule has 2 unspecified atom stereocenters. The number of hydrogen-bond acceptors (Lipinski definition) is 5. The summed E-state index contributed by atoms with van der Waals surface area (Å²) >= 11 is 0. The summed E-state index contributed by atoms with van der Waals surface area (Å²) < 4.78 is 0. The van der Waals surface area contributed by atoms with Crippen LogP contribution < -0.4 is 5.32 Å². The summed E-state index contributed by atoms with van der Waals surface area (Å²) in [6, 6.07) is 3.85. The highest BCUT2D eigenvalue weighted by Gasteiger charge is 2.27. The van der Waals surface area contributed by atoms with Crippen LogP contribution in [0.2, 0.25) is 0 Å². The van der Waals surface area contributed by atoms with E-state index in [-0.39, 0.29) is 17.3 Å². The van der Waals surface area contributed by atoms with Crippen molar-refractivity contribution < 1.29 is 24.4 Å². The van der Waals surface area contributed by atoms with Gasteiger partial charge in [0.2, 0.25) is 5.91 Å². The van der Waals surface area contributed by atoms with Gasteiger partial charge in [-0.25, -0.2) is 0 Å². The lowest BCUT2D eigenvalue weighted by molar-refractivity contribution is -0.384. The number of rotatable bonds is 8. The molecule has 0 bridgehead atoms. The number of nitrogens with zero attached hydrogens (tertiary/aromatic N) is 2. The third-order valence-corrected chi connectivity index (χ3v) is 3.75. The van der Waals surface area contributed by atoms with E-state index in [0.29, 0.717) is 6.42 Å². The molecule has 0 aliphatic carbocycles. The summed E-state index contributed by atoms with van der Waals surface area (Å²) in [7, 11) is 0. The van der Waals surface area contributed by atoms with Crippen molar-refractivity contribution in [2.24, 2.45) is 0 Å². The Labute approximate surface area is 144 Å². The van der Waals surface area contributed by atoms with Crippen molar-refractivity contribution >= 4 is 23.5 Å². The van der Waals surface area contributed by atoms with E-state index in [4.69, 9.17) is 5.11 Å². The number of non-ortho nitro benzene ring substituents is 1. The minimum Gasteiger partial charge on any atom is -0.480 e. The molecule has 0 aliphatic rings. The first kappa shape index (κ1) is 20.1. The van der Waals surface area contributed by atoms with Gasteiger partial charge in [0.15, 0.2) is 0 Å². The number of amides is 2. The molecule has 9 nitrogen and oxygen atoms in total. The zero-order valence-corrected chi connectivity index (χ0v) is 14.3. The molecule has 0 heterocycles. The predicted molar refractivity (Wildman–Crippen MR) is 89.1 cm³/mol. The number of nitro benzene ring substituents is 1. The number of aliphatic carboxylic acids is 1. The molecule has 0 spiro atoms. The lowest BCUT2D eigenvalue weighted by atomic mass is 10.1. The second-order valence-electron chi connectivity index (χ2n) is 5.62. The molecule has 2 atom stereocenters. The number of carboxylic acid groups (broad SMARTS) is 1. The van der Waals surface area contributed by atoms with Crippen LogP contribution in [0.5, 0.6) is 0 Å². The van der Waals surface area contributed by atoms with Crippen LogP contribution in [0.15, 0.2) is 24.3 Å². The molecule has 136 valence electrons. The molecular weight excluding hydrogens is 330 g/mol. The Kier molecular flexibility index (Phi) is 7.04. The number of nitro groups is 1. The van der Waals surface area contributed by atoms with Crippen LogP contribution in [0.1, 0.15) is 37.6 Å². The SMILES string of the molecule is CCC(C)N(CC(=O)O)C(=O)C(C)NC(=O)c1cccc([N+](=O)[O-])c1. The fourth-order valence-corrected chi connectivity index (χ4v) is 2.17. The van der Waals surface area contributed by atoms with E-state index in [2.05, 4.69) is 5.32 Å². The van der Waals surface area contributed by atoms with Gasteiger partial charge >= 0.3 is 5.97 Å². The van der Waals surface area contributed by atoms with Gasteiger partial charge in [-0.2, -0.15) is 0 Å². The largest absolute Gasteiger partial charge is 0.480 e. The van der Waals surface area contributed by atoms with Crippen LogP contribution in [-0.2, 0) is 9.59 Å². The van der Waals surface area contributed by atoms with E-state index in [1.807, 2.05) is 6.92 Å². The first-order chi connectivity index (χ1) is 11.7. The maximum absolute atomic E-state index is 12.5. The van der Waals surface area contributed by atoms with E-state index in [1.165, 1.54) is 30.0 Å². The number of carbonyl (C=O) groups excluding carboxylic acids is 2. The van der Waals surface area contributed by atoms with E-state index in [1.54, 1.807) is 6.92 Å². The van der Waals surface area contributed by atoms with Crippen molar-refractivity contribution in [1.82, 2.24) is 10.2 Å². The molecule has 0 saturated heterocycles. The normalized spacial score (nSPS) is 12.8. The molecule has 0 radical (unpaired) electrons. The van der Waals surface area contributed by atoms with E-state index in [9.17, 15) is 24.5 Å². The fourth-order valence-electron chi connectivity index (χ4n) is 2.17. The molecule has 1 rings (SSSR count). The Balaban J connectivity index is 2.88. The summed E-state index contributed by atoms with van der Waals surface area (Å²) in [5.41, 5.74) is -0.194. The molecule has 0 aliphatic heterocycles. The van der Waals surface area contributed by atoms with Crippen LogP contribution >= 0.6 is 0 Å². The Bertz CT molecular complexity index is 676. The highest BCUT2D eigenvalue weighted by atomic mass is 16.6. The van der Waals surface area contributed by atoms with Crippen molar-refractivity contribution in [2.75, 3.05) is 6.54 Å². The molecule has 0 aromatic heterocycles. The minimum atomic E-state index is -1.15. The van der Waals surface area contributed by atoms with Gasteiger partial charge < -0.3 is 15.3 Å². The topological polar surface area (TPSA) is 130 Å².